The summed E-state index contributed by atoms with van der Waals surface area (Å²) >= 11 is 3.46. The van der Waals surface area contributed by atoms with E-state index in [1.807, 2.05) is 25.1 Å². The zero-order valence-corrected chi connectivity index (χ0v) is 10.3. The van der Waals surface area contributed by atoms with Crippen molar-refractivity contribution in [1.29, 1.82) is 0 Å². The van der Waals surface area contributed by atoms with E-state index in [1.54, 1.807) is 0 Å². The predicted octanol–water partition coefficient (Wildman–Crippen LogP) is 1.20. The molecule has 0 saturated carbocycles. The normalized spacial score (nSPS) is 11.0. The summed E-state index contributed by atoms with van der Waals surface area (Å²) in [4.78, 5) is 0. The van der Waals surface area contributed by atoms with Crippen LogP contribution in [0.15, 0.2) is 22.7 Å². The number of aliphatic hydroxyl groups excluding tert-OH is 2. The molecule has 0 saturated heterocycles. The van der Waals surface area contributed by atoms with Crippen LogP contribution in [0.2, 0.25) is 0 Å². The zero-order valence-electron chi connectivity index (χ0n) is 8.70. The highest BCUT2D eigenvalue weighted by Crippen LogP contribution is 2.17. The molecule has 0 fully saturated rings. The third kappa shape index (κ3) is 3.91. The Morgan fingerprint density at radius 2 is 2.00 bits per heavy atom. The average Bonchev–Trinajstić information content (AvgIpc) is 2.24. The molecule has 15 heavy (non-hydrogen) atoms. The summed E-state index contributed by atoms with van der Waals surface area (Å²) in [6.45, 7) is 2.57. The molecule has 3 nitrogen and oxygen atoms in total. The van der Waals surface area contributed by atoms with Gasteiger partial charge in [0.2, 0.25) is 0 Å². The minimum Gasteiger partial charge on any atom is -0.395 e. The second-order valence-corrected chi connectivity index (χ2v) is 4.38. The van der Waals surface area contributed by atoms with Gasteiger partial charge in [-0.1, -0.05) is 28.1 Å². The molecule has 0 aliphatic rings. The Kier molecular flexibility index (Phi) is 5.25. The van der Waals surface area contributed by atoms with Crippen LogP contribution >= 0.6 is 15.9 Å². The molecular formula is C11H16BrNO2. The van der Waals surface area contributed by atoms with Gasteiger partial charge in [0.25, 0.3) is 0 Å². The summed E-state index contributed by atoms with van der Waals surface area (Å²) in [5.74, 6) is 0. The van der Waals surface area contributed by atoms with Gasteiger partial charge in [0.15, 0.2) is 0 Å². The number of rotatable bonds is 5. The van der Waals surface area contributed by atoms with Crippen LogP contribution in [0.3, 0.4) is 0 Å². The van der Waals surface area contributed by atoms with Crippen molar-refractivity contribution in [1.82, 2.24) is 5.32 Å². The van der Waals surface area contributed by atoms with Crippen molar-refractivity contribution >= 4 is 15.9 Å². The van der Waals surface area contributed by atoms with Crippen LogP contribution in [0.4, 0.5) is 0 Å². The van der Waals surface area contributed by atoms with E-state index < -0.39 is 0 Å². The van der Waals surface area contributed by atoms with Gasteiger partial charge in [-0.15, -0.1) is 0 Å². The standard InChI is InChI=1S/C11H16BrNO2/c1-8-2-3-9(4-11(8)12)5-13-10(6-14)7-15/h2-4,10,13-15H,5-7H2,1H3. The van der Waals surface area contributed by atoms with E-state index in [1.165, 1.54) is 5.56 Å². The SMILES string of the molecule is Cc1ccc(CNC(CO)CO)cc1Br. The maximum Gasteiger partial charge on any atom is 0.0607 e. The van der Waals surface area contributed by atoms with Crippen LogP contribution < -0.4 is 5.32 Å². The molecule has 1 aromatic rings. The minimum absolute atomic E-state index is 0.0521. The topological polar surface area (TPSA) is 52.5 Å². The lowest BCUT2D eigenvalue weighted by molar-refractivity contribution is 0.170. The fraction of sp³-hybridized carbons (Fsp3) is 0.455. The molecule has 4 heteroatoms. The quantitative estimate of drug-likeness (QED) is 0.756. The Hall–Kier alpha value is -0.420. The number of nitrogens with one attached hydrogen (secondary N) is 1. The van der Waals surface area contributed by atoms with Crippen molar-refractivity contribution in [3.8, 4) is 0 Å². The van der Waals surface area contributed by atoms with Crippen LogP contribution in [0.25, 0.3) is 0 Å². The predicted molar refractivity (Wildman–Crippen MR) is 63.7 cm³/mol. The first-order chi connectivity index (χ1) is 7.17. The number of halogens is 1. The van der Waals surface area contributed by atoms with Crippen LogP contribution in [0.5, 0.6) is 0 Å². The molecular weight excluding hydrogens is 258 g/mol. The highest BCUT2D eigenvalue weighted by molar-refractivity contribution is 9.10. The number of hydrogen-bond acceptors (Lipinski definition) is 3. The lowest BCUT2D eigenvalue weighted by atomic mass is 10.1. The third-order valence-corrected chi connectivity index (χ3v) is 3.13. The van der Waals surface area contributed by atoms with Crippen molar-refractivity contribution in [2.45, 2.75) is 19.5 Å². The summed E-state index contributed by atoms with van der Waals surface area (Å²) in [5, 5.41) is 20.8. The van der Waals surface area contributed by atoms with Gasteiger partial charge in [-0.25, -0.2) is 0 Å². The van der Waals surface area contributed by atoms with Crippen molar-refractivity contribution in [3.05, 3.63) is 33.8 Å². The molecule has 1 aromatic carbocycles. The summed E-state index contributed by atoms with van der Waals surface area (Å²) in [5.41, 5.74) is 2.32. The molecule has 0 aliphatic heterocycles. The first kappa shape index (κ1) is 12.6. The van der Waals surface area contributed by atoms with Gasteiger partial charge in [0.1, 0.15) is 0 Å². The first-order valence-electron chi connectivity index (χ1n) is 4.87. The third-order valence-electron chi connectivity index (χ3n) is 2.27. The Balaban J connectivity index is 2.54. The molecule has 0 aliphatic carbocycles. The Labute approximate surface area is 98.3 Å². The second kappa shape index (κ2) is 6.23. The largest absolute Gasteiger partial charge is 0.395 e. The molecule has 0 radical (unpaired) electrons. The lowest BCUT2D eigenvalue weighted by Crippen LogP contribution is -2.35. The second-order valence-electron chi connectivity index (χ2n) is 3.53. The van der Waals surface area contributed by atoms with Crippen LogP contribution in [0.1, 0.15) is 11.1 Å². The van der Waals surface area contributed by atoms with Crippen LogP contribution in [-0.4, -0.2) is 29.5 Å². The van der Waals surface area contributed by atoms with Crippen molar-refractivity contribution in [2.75, 3.05) is 13.2 Å². The van der Waals surface area contributed by atoms with Gasteiger partial charge in [-0.3, -0.25) is 0 Å². The number of hydrogen-bond donors (Lipinski definition) is 3. The van der Waals surface area contributed by atoms with Gasteiger partial charge in [-0.05, 0) is 24.1 Å². The van der Waals surface area contributed by atoms with Crippen molar-refractivity contribution in [2.24, 2.45) is 0 Å². The number of aryl methyl sites for hydroxylation is 1. The van der Waals surface area contributed by atoms with Gasteiger partial charge in [-0.2, -0.15) is 0 Å². The smallest absolute Gasteiger partial charge is 0.0607 e. The van der Waals surface area contributed by atoms with E-state index >= 15 is 0 Å². The van der Waals surface area contributed by atoms with Gasteiger partial charge >= 0.3 is 0 Å². The Morgan fingerprint density at radius 3 is 2.53 bits per heavy atom. The minimum atomic E-state index is -0.245. The van der Waals surface area contributed by atoms with E-state index in [2.05, 4.69) is 21.2 Å². The summed E-state index contributed by atoms with van der Waals surface area (Å²) in [6.07, 6.45) is 0. The molecule has 0 bridgehead atoms. The number of aliphatic hydroxyl groups is 2. The summed E-state index contributed by atoms with van der Waals surface area (Å²) in [6, 6.07) is 5.85. The fourth-order valence-electron chi connectivity index (χ4n) is 1.20. The van der Waals surface area contributed by atoms with Crippen LogP contribution in [-0.2, 0) is 6.54 Å². The maximum absolute atomic E-state index is 8.87. The molecule has 84 valence electrons. The van der Waals surface area contributed by atoms with Gasteiger partial charge in [0, 0.05) is 11.0 Å². The zero-order chi connectivity index (χ0) is 11.3. The molecule has 0 amide bonds. The average molecular weight is 274 g/mol. The highest BCUT2D eigenvalue weighted by Gasteiger charge is 2.04. The van der Waals surface area contributed by atoms with Gasteiger partial charge in [0.05, 0.1) is 19.3 Å². The summed E-state index contributed by atoms with van der Waals surface area (Å²) < 4.78 is 1.08. The molecule has 0 spiro atoms. The molecule has 0 atom stereocenters. The monoisotopic (exact) mass is 273 g/mol. The first-order valence-corrected chi connectivity index (χ1v) is 5.66. The Bertz CT molecular complexity index is 313. The lowest BCUT2D eigenvalue weighted by Gasteiger charge is -2.13. The van der Waals surface area contributed by atoms with E-state index in [9.17, 15) is 0 Å². The van der Waals surface area contributed by atoms with E-state index in [0.717, 1.165) is 10.0 Å². The Morgan fingerprint density at radius 1 is 1.33 bits per heavy atom. The highest BCUT2D eigenvalue weighted by atomic mass is 79.9. The van der Waals surface area contributed by atoms with Crippen molar-refractivity contribution < 1.29 is 10.2 Å². The van der Waals surface area contributed by atoms with Crippen LogP contribution in [0, 0.1) is 6.92 Å². The molecule has 0 unspecified atom stereocenters. The van der Waals surface area contributed by atoms with E-state index in [0.29, 0.717) is 6.54 Å². The summed E-state index contributed by atoms with van der Waals surface area (Å²) in [7, 11) is 0. The maximum atomic E-state index is 8.87. The van der Waals surface area contributed by atoms with E-state index in [4.69, 9.17) is 10.2 Å². The molecule has 0 aromatic heterocycles. The number of benzene rings is 1. The van der Waals surface area contributed by atoms with Gasteiger partial charge < -0.3 is 15.5 Å². The molecule has 1 rings (SSSR count). The fourth-order valence-corrected chi connectivity index (χ4v) is 1.62. The molecule has 0 heterocycles. The molecule has 3 N–H and O–H groups in total. The van der Waals surface area contributed by atoms with E-state index in [-0.39, 0.29) is 19.3 Å². The van der Waals surface area contributed by atoms with Crippen molar-refractivity contribution in [3.63, 3.8) is 0 Å².